The molecular formula is C16H18FNO4. The smallest absolute Gasteiger partial charge is 0.311 e. The van der Waals surface area contributed by atoms with Crippen LogP contribution in [0.5, 0.6) is 5.75 Å². The number of aliphatic carboxylic acids is 1. The second kappa shape index (κ2) is 6.17. The second-order valence-electron chi connectivity index (χ2n) is 5.60. The van der Waals surface area contributed by atoms with E-state index in [-0.39, 0.29) is 18.2 Å². The quantitative estimate of drug-likeness (QED) is 0.866. The molecule has 118 valence electrons. The summed E-state index contributed by atoms with van der Waals surface area (Å²) in [6.45, 7) is 2.22. The van der Waals surface area contributed by atoms with Crippen LogP contribution in [0.3, 0.4) is 0 Å². The number of carboxylic acid groups (broad SMARTS) is 1. The summed E-state index contributed by atoms with van der Waals surface area (Å²) < 4.78 is 18.4. The summed E-state index contributed by atoms with van der Waals surface area (Å²) in [5.41, 5.74) is -0.359. The van der Waals surface area contributed by atoms with Crippen molar-refractivity contribution in [2.75, 3.05) is 20.2 Å². The molecule has 1 saturated heterocycles. The maximum absolute atomic E-state index is 13.5. The second-order valence-corrected chi connectivity index (χ2v) is 5.60. The molecule has 0 spiro atoms. The molecule has 6 heteroatoms. The van der Waals surface area contributed by atoms with Gasteiger partial charge in [0.15, 0.2) is 11.6 Å². The summed E-state index contributed by atoms with van der Waals surface area (Å²) in [5, 5.41) is 9.15. The number of carboxylic acids is 1. The van der Waals surface area contributed by atoms with Crippen molar-refractivity contribution >= 4 is 18.0 Å². The van der Waals surface area contributed by atoms with E-state index in [0.717, 1.165) is 0 Å². The van der Waals surface area contributed by atoms with Crippen molar-refractivity contribution < 1.29 is 23.8 Å². The number of benzene rings is 1. The number of ether oxygens (including phenoxy) is 1. The molecule has 1 aliphatic heterocycles. The molecule has 0 aliphatic carbocycles. The van der Waals surface area contributed by atoms with Crippen LogP contribution in [0.1, 0.15) is 18.9 Å². The van der Waals surface area contributed by atoms with Crippen LogP contribution < -0.4 is 4.74 Å². The fraction of sp³-hybridized carbons (Fsp3) is 0.375. The lowest BCUT2D eigenvalue weighted by Gasteiger charge is -2.18. The Morgan fingerprint density at radius 3 is 2.73 bits per heavy atom. The molecule has 5 nitrogen and oxygen atoms in total. The fourth-order valence-electron chi connectivity index (χ4n) is 2.38. The molecule has 1 fully saturated rings. The highest BCUT2D eigenvalue weighted by Gasteiger charge is 2.41. The third-order valence-electron chi connectivity index (χ3n) is 3.90. The minimum atomic E-state index is -0.899. The molecular weight excluding hydrogens is 289 g/mol. The van der Waals surface area contributed by atoms with Crippen LogP contribution in [0.2, 0.25) is 0 Å². The van der Waals surface area contributed by atoms with Crippen molar-refractivity contribution in [1.29, 1.82) is 0 Å². The molecule has 1 aromatic rings. The fourth-order valence-corrected chi connectivity index (χ4v) is 2.38. The molecule has 2 rings (SSSR count). The van der Waals surface area contributed by atoms with Gasteiger partial charge in [0.1, 0.15) is 0 Å². The minimum Gasteiger partial charge on any atom is -0.494 e. The summed E-state index contributed by atoms with van der Waals surface area (Å²) in [5.74, 6) is -1.54. The average molecular weight is 307 g/mol. The molecule has 0 radical (unpaired) electrons. The maximum Gasteiger partial charge on any atom is 0.311 e. The molecule has 1 unspecified atom stereocenters. The monoisotopic (exact) mass is 307 g/mol. The summed E-state index contributed by atoms with van der Waals surface area (Å²) in [6, 6.07) is 4.39. The van der Waals surface area contributed by atoms with Crippen LogP contribution in [-0.2, 0) is 9.59 Å². The molecule has 1 aromatic carbocycles. The molecule has 1 aliphatic rings. The van der Waals surface area contributed by atoms with Gasteiger partial charge in [-0.25, -0.2) is 4.39 Å². The third kappa shape index (κ3) is 3.27. The lowest BCUT2D eigenvalue weighted by atomic mass is 9.90. The van der Waals surface area contributed by atoms with Gasteiger partial charge < -0.3 is 14.7 Å². The van der Waals surface area contributed by atoms with Gasteiger partial charge in [0.25, 0.3) is 0 Å². The van der Waals surface area contributed by atoms with E-state index in [2.05, 4.69) is 0 Å². The number of carbonyl (C=O) groups is 2. The van der Waals surface area contributed by atoms with Crippen LogP contribution in [0.4, 0.5) is 4.39 Å². The van der Waals surface area contributed by atoms with Crippen molar-refractivity contribution in [2.24, 2.45) is 5.41 Å². The highest BCUT2D eigenvalue weighted by molar-refractivity contribution is 5.92. The van der Waals surface area contributed by atoms with Gasteiger partial charge in [0.2, 0.25) is 5.91 Å². The number of hydrogen-bond donors (Lipinski definition) is 1. The number of hydrogen-bond acceptors (Lipinski definition) is 3. The van der Waals surface area contributed by atoms with E-state index in [4.69, 9.17) is 9.84 Å². The van der Waals surface area contributed by atoms with Crippen molar-refractivity contribution in [3.63, 3.8) is 0 Å². The first-order valence-corrected chi connectivity index (χ1v) is 6.90. The highest BCUT2D eigenvalue weighted by atomic mass is 19.1. The molecule has 1 amide bonds. The SMILES string of the molecule is COc1ccc(C=CC(=O)N2CCC(C)(C(=O)O)C2)cc1F. The normalized spacial score (nSPS) is 21.3. The lowest BCUT2D eigenvalue weighted by molar-refractivity contribution is -0.147. The van der Waals surface area contributed by atoms with Gasteiger partial charge in [0.05, 0.1) is 12.5 Å². The van der Waals surface area contributed by atoms with Crippen LogP contribution in [-0.4, -0.2) is 42.1 Å². The van der Waals surface area contributed by atoms with Gasteiger partial charge in [-0.3, -0.25) is 9.59 Å². The Bertz CT molecular complexity index is 629. The summed E-state index contributed by atoms with van der Waals surface area (Å²) in [7, 11) is 1.38. The Morgan fingerprint density at radius 1 is 1.45 bits per heavy atom. The molecule has 22 heavy (non-hydrogen) atoms. The standard InChI is InChI=1S/C16H18FNO4/c1-16(15(20)21)7-8-18(10-16)14(19)6-4-11-3-5-13(22-2)12(17)9-11/h3-6,9H,7-8,10H2,1-2H3,(H,20,21). The number of halogens is 1. The molecule has 1 heterocycles. The Morgan fingerprint density at radius 2 is 2.18 bits per heavy atom. The van der Waals surface area contributed by atoms with Gasteiger partial charge in [-0.05, 0) is 37.1 Å². The minimum absolute atomic E-state index is 0.139. The Balaban J connectivity index is 2.03. The number of likely N-dealkylation sites (tertiary alicyclic amines) is 1. The average Bonchev–Trinajstić information content (AvgIpc) is 2.89. The van der Waals surface area contributed by atoms with Crippen molar-refractivity contribution in [3.05, 3.63) is 35.7 Å². The third-order valence-corrected chi connectivity index (χ3v) is 3.90. The van der Waals surface area contributed by atoms with Crippen LogP contribution in [0, 0.1) is 11.2 Å². The van der Waals surface area contributed by atoms with Crippen molar-refractivity contribution in [3.8, 4) is 5.75 Å². The number of nitrogens with zero attached hydrogens (tertiary/aromatic N) is 1. The van der Waals surface area contributed by atoms with E-state index in [1.165, 1.54) is 36.3 Å². The molecule has 1 atom stereocenters. The van der Waals surface area contributed by atoms with E-state index in [1.54, 1.807) is 13.0 Å². The van der Waals surface area contributed by atoms with E-state index in [1.807, 2.05) is 0 Å². The molecule has 0 bridgehead atoms. The van der Waals surface area contributed by atoms with Crippen molar-refractivity contribution in [1.82, 2.24) is 4.90 Å². The van der Waals surface area contributed by atoms with Gasteiger partial charge in [-0.1, -0.05) is 6.07 Å². The molecule has 0 saturated carbocycles. The van der Waals surface area contributed by atoms with Crippen LogP contribution in [0.25, 0.3) is 6.08 Å². The van der Waals surface area contributed by atoms with E-state index in [0.29, 0.717) is 18.5 Å². The first-order chi connectivity index (χ1) is 10.4. The van der Waals surface area contributed by atoms with Crippen molar-refractivity contribution in [2.45, 2.75) is 13.3 Å². The highest BCUT2D eigenvalue weighted by Crippen LogP contribution is 2.30. The Labute approximate surface area is 128 Å². The van der Waals surface area contributed by atoms with Gasteiger partial charge in [-0.15, -0.1) is 0 Å². The zero-order valence-electron chi connectivity index (χ0n) is 12.5. The first kappa shape index (κ1) is 16.0. The Kier molecular flexibility index (Phi) is 4.49. The van der Waals surface area contributed by atoms with Gasteiger partial charge >= 0.3 is 5.97 Å². The van der Waals surface area contributed by atoms with E-state index in [9.17, 15) is 14.0 Å². The number of rotatable bonds is 4. The number of methoxy groups -OCH3 is 1. The zero-order chi connectivity index (χ0) is 16.3. The largest absolute Gasteiger partial charge is 0.494 e. The Hall–Kier alpha value is -2.37. The lowest BCUT2D eigenvalue weighted by Crippen LogP contribution is -2.34. The maximum atomic E-state index is 13.5. The summed E-state index contributed by atoms with van der Waals surface area (Å²) >= 11 is 0. The van der Waals surface area contributed by atoms with Crippen LogP contribution in [0.15, 0.2) is 24.3 Å². The molecule has 0 aromatic heterocycles. The number of amides is 1. The predicted octanol–water partition coefficient (Wildman–Crippen LogP) is 2.17. The summed E-state index contributed by atoms with van der Waals surface area (Å²) in [6.07, 6.45) is 3.26. The van der Waals surface area contributed by atoms with Gasteiger partial charge in [0, 0.05) is 19.2 Å². The summed E-state index contributed by atoms with van der Waals surface area (Å²) in [4.78, 5) is 24.7. The predicted molar refractivity (Wildman–Crippen MR) is 78.9 cm³/mol. The topological polar surface area (TPSA) is 66.8 Å². The molecule has 1 N–H and O–H groups in total. The van der Waals surface area contributed by atoms with Gasteiger partial charge in [-0.2, -0.15) is 0 Å². The van der Waals surface area contributed by atoms with E-state index >= 15 is 0 Å². The van der Waals surface area contributed by atoms with Crippen LogP contribution >= 0.6 is 0 Å². The zero-order valence-corrected chi connectivity index (χ0v) is 12.5. The number of carbonyl (C=O) groups excluding carboxylic acids is 1. The van der Waals surface area contributed by atoms with E-state index < -0.39 is 17.2 Å². The first-order valence-electron chi connectivity index (χ1n) is 6.90.